The molecule has 0 bridgehead atoms. The summed E-state index contributed by atoms with van der Waals surface area (Å²) in [6, 6.07) is 9.24. The summed E-state index contributed by atoms with van der Waals surface area (Å²) in [6.07, 6.45) is 0.538. The van der Waals surface area contributed by atoms with Crippen LogP contribution in [0.1, 0.15) is 31.4 Å². The summed E-state index contributed by atoms with van der Waals surface area (Å²) in [5.41, 5.74) is 0.798. The lowest BCUT2D eigenvalue weighted by atomic mass is 10.1. The second-order valence-corrected chi connectivity index (χ2v) is 4.70. The number of rotatable bonds is 8. The van der Waals surface area contributed by atoms with Crippen LogP contribution >= 0.6 is 0 Å². The largest absolute Gasteiger partial charge is 0.481 e. The number of carbonyl (C=O) groups is 2. The number of benzene rings is 1. The smallest absolute Gasteiger partial charge is 0.306 e. The first-order chi connectivity index (χ1) is 9.56. The van der Waals surface area contributed by atoms with Crippen LogP contribution in [0, 0.1) is 5.92 Å². The maximum absolute atomic E-state index is 12.0. The minimum absolute atomic E-state index is 0.207. The van der Waals surface area contributed by atoms with Crippen molar-refractivity contribution in [1.82, 2.24) is 5.32 Å². The topological polar surface area (TPSA) is 75.6 Å². The van der Waals surface area contributed by atoms with Crippen molar-refractivity contribution in [3.63, 3.8) is 0 Å². The van der Waals surface area contributed by atoms with E-state index < -0.39 is 12.1 Å². The molecule has 2 unspecified atom stereocenters. The molecule has 0 heterocycles. The van der Waals surface area contributed by atoms with E-state index in [4.69, 9.17) is 9.84 Å². The molecule has 0 fully saturated rings. The number of amides is 1. The highest BCUT2D eigenvalue weighted by Gasteiger charge is 2.19. The third-order valence-electron chi connectivity index (χ3n) is 3.11. The van der Waals surface area contributed by atoms with Gasteiger partial charge in [-0.2, -0.15) is 0 Å². The summed E-state index contributed by atoms with van der Waals surface area (Å²) in [6.45, 7) is 2.11. The van der Waals surface area contributed by atoms with Crippen LogP contribution in [0.2, 0.25) is 0 Å². The Bertz CT molecular complexity index is 433. The van der Waals surface area contributed by atoms with Gasteiger partial charge in [-0.15, -0.1) is 0 Å². The monoisotopic (exact) mass is 279 g/mol. The van der Waals surface area contributed by atoms with Crippen molar-refractivity contribution < 1.29 is 19.4 Å². The van der Waals surface area contributed by atoms with Crippen LogP contribution < -0.4 is 5.32 Å². The van der Waals surface area contributed by atoms with Gasteiger partial charge in [0.25, 0.3) is 5.91 Å². The molecule has 5 heteroatoms. The highest BCUT2D eigenvalue weighted by molar-refractivity contribution is 5.82. The van der Waals surface area contributed by atoms with Crippen molar-refractivity contribution in [3.05, 3.63) is 35.9 Å². The van der Waals surface area contributed by atoms with Crippen molar-refractivity contribution >= 4 is 11.9 Å². The van der Waals surface area contributed by atoms with Crippen LogP contribution in [-0.2, 0) is 14.3 Å². The van der Waals surface area contributed by atoms with E-state index in [0.29, 0.717) is 19.4 Å². The zero-order valence-electron chi connectivity index (χ0n) is 11.8. The zero-order chi connectivity index (χ0) is 15.0. The van der Waals surface area contributed by atoms with Crippen LogP contribution in [-0.4, -0.2) is 30.6 Å². The van der Waals surface area contributed by atoms with E-state index in [1.165, 1.54) is 7.11 Å². The van der Waals surface area contributed by atoms with E-state index in [1.807, 2.05) is 30.3 Å². The number of nitrogens with one attached hydrogen (secondary N) is 1. The van der Waals surface area contributed by atoms with Gasteiger partial charge in [0.2, 0.25) is 0 Å². The van der Waals surface area contributed by atoms with Gasteiger partial charge in [0.15, 0.2) is 6.10 Å². The van der Waals surface area contributed by atoms with E-state index in [-0.39, 0.29) is 11.8 Å². The van der Waals surface area contributed by atoms with Crippen molar-refractivity contribution in [3.8, 4) is 0 Å². The maximum atomic E-state index is 12.0. The Morgan fingerprint density at radius 2 is 1.95 bits per heavy atom. The highest BCUT2D eigenvalue weighted by atomic mass is 16.5. The molecule has 2 atom stereocenters. The number of aliphatic carboxylic acids is 1. The van der Waals surface area contributed by atoms with E-state index in [9.17, 15) is 9.59 Å². The Morgan fingerprint density at radius 1 is 1.30 bits per heavy atom. The Morgan fingerprint density at radius 3 is 2.50 bits per heavy atom. The number of carboxylic acids is 1. The molecule has 0 radical (unpaired) electrons. The van der Waals surface area contributed by atoms with Crippen molar-refractivity contribution in [2.45, 2.75) is 25.9 Å². The van der Waals surface area contributed by atoms with Gasteiger partial charge in [-0.05, 0) is 18.4 Å². The molecule has 0 aliphatic carbocycles. The first kappa shape index (κ1) is 16.2. The molecule has 0 aliphatic heterocycles. The quantitative estimate of drug-likeness (QED) is 0.714. The standard InChI is InChI=1S/C15H21NO4/c1-11(15(18)19)7-6-10-16-14(17)13(20-2)12-8-4-3-5-9-12/h3-5,8-9,11,13H,6-7,10H2,1-2H3,(H,16,17)(H,18,19). The summed E-state index contributed by atoms with van der Waals surface area (Å²) >= 11 is 0. The molecule has 0 aromatic heterocycles. The van der Waals surface area contributed by atoms with E-state index in [0.717, 1.165) is 5.56 Å². The van der Waals surface area contributed by atoms with Crippen molar-refractivity contribution in [1.29, 1.82) is 0 Å². The molecule has 1 amide bonds. The molecule has 1 rings (SSSR count). The first-order valence-electron chi connectivity index (χ1n) is 6.64. The second kappa shape index (κ2) is 8.32. The molecule has 110 valence electrons. The predicted molar refractivity (Wildman–Crippen MR) is 75.2 cm³/mol. The van der Waals surface area contributed by atoms with Gasteiger partial charge in [-0.3, -0.25) is 9.59 Å². The maximum Gasteiger partial charge on any atom is 0.306 e. The summed E-state index contributed by atoms with van der Waals surface area (Å²) in [5.74, 6) is -1.41. The van der Waals surface area contributed by atoms with Crippen LogP contribution in [0.3, 0.4) is 0 Å². The summed E-state index contributed by atoms with van der Waals surface area (Å²) in [7, 11) is 1.49. The van der Waals surface area contributed by atoms with Crippen LogP contribution in [0.4, 0.5) is 0 Å². The molecular weight excluding hydrogens is 258 g/mol. The molecule has 1 aromatic carbocycles. The van der Waals surface area contributed by atoms with Gasteiger partial charge >= 0.3 is 5.97 Å². The van der Waals surface area contributed by atoms with Gasteiger partial charge in [0.05, 0.1) is 5.92 Å². The van der Waals surface area contributed by atoms with Crippen molar-refractivity contribution in [2.24, 2.45) is 5.92 Å². The molecular formula is C15H21NO4. The average Bonchev–Trinajstić information content (AvgIpc) is 2.45. The van der Waals surface area contributed by atoms with Gasteiger partial charge in [-0.25, -0.2) is 0 Å². The molecule has 1 aromatic rings. The molecule has 0 aliphatic rings. The lowest BCUT2D eigenvalue weighted by Crippen LogP contribution is -2.31. The van der Waals surface area contributed by atoms with Crippen LogP contribution in [0.25, 0.3) is 0 Å². The SMILES string of the molecule is COC(C(=O)NCCCC(C)C(=O)O)c1ccccc1. The third kappa shape index (κ3) is 5.01. The Kier molecular flexibility index (Phi) is 6.73. The highest BCUT2D eigenvalue weighted by Crippen LogP contribution is 2.16. The molecule has 0 saturated heterocycles. The summed E-state index contributed by atoms with van der Waals surface area (Å²) in [4.78, 5) is 22.7. The fourth-order valence-electron chi connectivity index (χ4n) is 1.86. The lowest BCUT2D eigenvalue weighted by Gasteiger charge is -2.15. The molecule has 0 saturated carbocycles. The Labute approximate surface area is 118 Å². The van der Waals surface area contributed by atoms with Gasteiger partial charge in [-0.1, -0.05) is 37.3 Å². The fourth-order valence-corrected chi connectivity index (χ4v) is 1.86. The molecule has 0 spiro atoms. The van der Waals surface area contributed by atoms with Crippen LogP contribution in [0.5, 0.6) is 0 Å². The number of carbonyl (C=O) groups excluding carboxylic acids is 1. The number of hydrogen-bond acceptors (Lipinski definition) is 3. The number of carboxylic acid groups (broad SMARTS) is 1. The minimum Gasteiger partial charge on any atom is -0.481 e. The van der Waals surface area contributed by atoms with E-state index >= 15 is 0 Å². The lowest BCUT2D eigenvalue weighted by molar-refractivity contribution is -0.141. The first-order valence-corrected chi connectivity index (χ1v) is 6.64. The number of methoxy groups -OCH3 is 1. The van der Waals surface area contributed by atoms with Gasteiger partial charge in [0, 0.05) is 13.7 Å². The van der Waals surface area contributed by atoms with E-state index in [1.54, 1.807) is 6.92 Å². The summed E-state index contributed by atoms with van der Waals surface area (Å²) in [5, 5.41) is 11.5. The van der Waals surface area contributed by atoms with Crippen molar-refractivity contribution in [2.75, 3.05) is 13.7 Å². The summed E-state index contributed by atoms with van der Waals surface area (Å²) < 4.78 is 5.21. The number of hydrogen-bond donors (Lipinski definition) is 2. The normalized spacial score (nSPS) is 13.5. The molecule has 5 nitrogen and oxygen atoms in total. The Hall–Kier alpha value is -1.88. The van der Waals surface area contributed by atoms with Gasteiger partial charge in [0.1, 0.15) is 0 Å². The average molecular weight is 279 g/mol. The third-order valence-corrected chi connectivity index (χ3v) is 3.11. The second-order valence-electron chi connectivity index (χ2n) is 4.70. The fraction of sp³-hybridized carbons (Fsp3) is 0.467. The zero-order valence-corrected chi connectivity index (χ0v) is 11.8. The Balaban J connectivity index is 2.39. The van der Waals surface area contributed by atoms with Crippen LogP contribution in [0.15, 0.2) is 30.3 Å². The minimum atomic E-state index is -0.810. The molecule has 2 N–H and O–H groups in total. The van der Waals surface area contributed by atoms with Gasteiger partial charge < -0.3 is 15.2 Å². The van der Waals surface area contributed by atoms with E-state index in [2.05, 4.69) is 5.32 Å². The predicted octanol–water partition coefficient (Wildman–Crippen LogP) is 1.99. The molecule has 20 heavy (non-hydrogen) atoms. The number of ether oxygens (including phenoxy) is 1.